The average Bonchev–Trinajstić information content (AvgIpc) is 3.01. The van der Waals surface area contributed by atoms with Crippen LogP contribution in [0.3, 0.4) is 0 Å². The lowest BCUT2D eigenvalue weighted by Crippen LogP contribution is -2.39. The summed E-state index contributed by atoms with van der Waals surface area (Å²) in [5.74, 6) is 0.880. The van der Waals surface area contributed by atoms with E-state index in [2.05, 4.69) is 15.5 Å². The minimum absolute atomic E-state index is 0.0125. The van der Waals surface area contributed by atoms with Crippen molar-refractivity contribution >= 4 is 33.4 Å². The first-order valence-electron chi connectivity index (χ1n) is 8.66. The van der Waals surface area contributed by atoms with Gasteiger partial charge in [0.2, 0.25) is 15.9 Å². The summed E-state index contributed by atoms with van der Waals surface area (Å²) in [6.07, 6.45) is 2.91. The molecule has 10 heteroatoms. The van der Waals surface area contributed by atoms with E-state index in [1.54, 1.807) is 0 Å². The van der Waals surface area contributed by atoms with E-state index in [4.69, 9.17) is 0 Å². The third kappa shape index (κ3) is 5.08. The van der Waals surface area contributed by atoms with Gasteiger partial charge >= 0.3 is 0 Å². The summed E-state index contributed by atoms with van der Waals surface area (Å²) in [6, 6.07) is 9.28. The fraction of sp³-hybridized carbons (Fsp3) is 0.471. The van der Waals surface area contributed by atoms with E-state index in [9.17, 15) is 13.2 Å². The number of carbonyl (C=O) groups is 1. The molecule has 2 heterocycles. The number of hydrogen-bond donors (Lipinski definition) is 1. The average molecular weight is 410 g/mol. The highest BCUT2D eigenvalue weighted by atomic mass is 32.2. The Morgan fingerprint density at radius 1 is 1.30 bits per heavy atom. The molecule has 0 bridgehead atoms. The van der Waals surface area contributed by atoms with E-state index in [0.29, 0.717) is 18.2 Å². The van der Waals surface area contributed by atoms with Gasteiger partial charge in [-0.3, -0.25) is 4.79 Å². The lowest BCUT2D eigenvalue weighted by molar-refractivity contribution is -0.113. The fourth-order valence-corrected chi connectivity index (χ4v) is 4.74. The van der Waals surface area contributed by atoms with Crippen molar-refractivity contribution in [3.63, 3.8) is 0 Å². The van der Waals surface area contributed by atoms with Gasteiger partial charge in [-0.15, -0.1) is 10.2 Å². The number of benzene rings is 1. The molecule has 1 aliphatic heterocycles. The van der Waals surface area contributed by atoms with Crippen LogP contribution in [-0.2, 0) is 21.9 Å². The zero-order chi connectivity index (χ0) is 19.4. The molecule has 2 aromatic rings. The maximum atomic E-state index is 12.1. The molecule has 0 radical (unpaired) electrons. The minimum Gasteiger partial charge on any atom is -0.325 e. The monoisotopic (exact) mass is 409 g/mol. The van der Waals surface area contributed by atoms with Crippen molar-refractivity contribution in [2.45, 2.75) is 23.9 Å². The Hall–Kier alpha value is -1.91. The zero-order valence-corrected chi connectivity index (χ0v) is 17.0. The number of thioether (sulfide) groups is 1. The number of nitrogens with zero attached hydrogens (tertiary/aromatic N) is 4. The number of carbonyl (C=O) groups excluding carboxylic acids is 1. The van der Waals surface area contributed by atoms with Crippen molar-refractivity contribution in [1.29, 1.82) is 0 Å². The summed E-state index contributed by atoms with van der Waals surface area (Å²) in [4.78, 5) is 12.1. The lowest BCUT2D eigenvalue weighted by Gasteiger charge is -2.30. The molecule has 1 aliphatic rings. The Bertz CT molecular complexity index is 899. The lowest BCUT2D eigenvalue weighted by atomic mass is 9.99. The van der Waals surface area contributed by atoms with Gasteiger partial charge in [-0.1, -0.05) is 30.0 Å². The highest BCUT2D eigenvalue weighted by Crippen LogP contribution is 2.28. The molecule has 27 heavy (non-hydrogen) atoms. The molecule has 3 rings (SSSR count). The highest BCUT2D eigenvalue weighted by molar-refractivity contribution is 7.99. The summed E-state index contributed by atoms with van der Waals surface area (Å²) in [6.45, 7) is 0.971. The van der Waals surface area contributed by atoms with Crippen LogP contribution < -0.4 is 5.32 Å². The molecule has 0 unspecified atom stereocenters. The standard InChI is InChI=1S/C17H23N5O3S2/c1-21-16(13-7-6-10-22(11-13)27(2,24)25)19-20-17(21)26-12-15(23)18-14-8-4-3-5-9-14/h3-5,8-9,13H,6-7,10-12H2,1-2H3,(H,18,23)/t13-/m1/s1. The van der Waals surface area contributed by atoms with Crippen LogP contribution in [0.15, 0.2) is 35.5 Å². The summed E-state index contributed by atoms with van der Waals surface area (Å²) in [7, 11) is -1.35. The van der Waals surface area contributed by atoms with E-state index in [-0.39, 0.29) is 17.6 Å². The Morgan fingerprint density at radius 3 is 2.74 bits per heavy atom. The number of sulfonamides is 1. The number of piperidine rings is 1. The first-order chi connectivity index (χ1) is 12.8. The third-order valence-electron chi connectivity index (χ3n) is 4.48. The molecule has 0 saturated carbocycles. The molecule has 1 aromatic heterocycles. The molecule has 1 saturated heterocycles. The number of aromatic nitrogens is 3. The molecule has 1 fully saturated rings. The second-order valence-electron chi connectivity index (χ2n) is 6.56. The van der Waals surface area contributed by atoms with Crippen LogP contribution in [0, 0.1) is 0 Å². The van der Waals surface area contributed by atoms with Gasteiger partial charge in [0, 0.05) is 31.7 Å². The molecule has 1 amide bonds. The number of para-hydroxylation sites is 1. The first-order valence-corrected chi connectivity index (χ1v) is 11.5. The molecule has 1 aromatic carbocycles. The predicted molar refractivity (Wildman–Crippen MR) is 105 cm³/mol. The van der Waals surface area contributed by atoms with Crippen LogP contribution >= 0.6 is 11.8 Å². The summed E-state index contributed by atoms with van der Waals surface area (Å²) in [5.41, 5.74) is 0.754. The van der Waals surface area contributed by atoms with Crippen molar-refractivity contribution < 1.29 is 13.2 Å². The van der Waals surface area contributed by atoms with Crippen molar-refractivity contribution in [2.75, 3.05) is 30.4 Å². The number of rotatable bonds is 6. The molecular weight excluding hydrogens is 386 g/mol. The van der Waals surface area contributed by atoms with Gasteiger partial charge in [0.1, 0.15) is 5.82 Å². The Morgan fingerprint density at radius 2 is 2.04 bits per heavy atom. The van der Waals surface area contributed by atoms with Gasteiger partial charge in [0.05, 0.1) is 12.0 Å². The number of anilines is 1. The van der Waals surface area contributed by atoms with Crippen LogP contribution in [0.25, 0.3) is 0 Å². The van der Waals surface area contributed by atoms with Gasteiger partial charge in [-0.05, 0) is 25.0 Å². The maximum Gasteiger partial charge on any atom is 0.234 e. The Labute approximate surface area is 163 Å². The van der Waals surface area contributed by atoms with E-state index in [0.717, 1.165) is 24.4 Å². The Kier molecular flexibility index (Phi) is 6.18. The van der Waals surface area contributed by atoms with Crippen molar-refractivity contribution in [3.8, 4) is 0 Å². The topological polar surface area (TPSA) is 97.2 Å². The van der Waals surface area contributed by atoms with E-state index < -0.39 is 10.0 Å². The molecule has 1 N–H and O–H groups in total. The predicted octanol–water partition coefficient (Wildman–Crippen LogP) is 1.68. The second kappa shape index (κ2) is 8.41. The van der Waals surface area contributed by atoms with Crippen LogP contribution in [0.5, 0.6) is 0 Å². The van der Waals surface area contributed by atoms with E-state index >= 15 is 0 Å². The minimum atomic E-state index is -3.21. The molecule has 146 valence electrons. The molecule has 0 aliphatic carbocycles. The molecule has 8 nitrogen and oxygen atoms in total. The third-order valence-corrected chi connectivity index (χ3v) is 6.77. The van der Waals surface area contributed by atoms with Gasteiger partial charge in [0.15, 0.2) is 5.16 Å². The Balaban J connectivity index is 1.61. The van der Waals surface area contributed by atoms with Crippen LogP contribution in [0.2, 0.25) is 0 Å². The van der Waals surface area contributed by atoms with Crippen molar-refractivity contribution in [2.24, 2.45) is 7.05 Å². The summed E-state index contributed by atoms with van der Waals surface area (Å²) >= 11 is 1.31. The van der Waals surface area contributed by atoms with Crippen LogP contribution in [-0.4, -0.2) is 58.5 Å². The number of amides is 1. The highest BCUT2D eigenvalue weighted by Gasteiger charge is 2.30. The zero-order valence-electron chi connectivity index (χ0n) is 15.3. The maximum absolute atomic E-state index is 12.1. The summed E-state index contributed by atoms with van der Waals surface area (Å²) in [5, 5.41) is 11.9. The van der Waals surface area contributed by atoms with Gasteiger partial charge in [-0.25, -0.2) is 12.7 Å². The first kappa shape index (κ1) is 19.8. The molecule has 1 atom stereocenters. The van der Waals surface area contributed by atoms with Crippen LogP contribution in [0.1, 0.15) is 24.6 Å². The SMILES string of the molecule is Cn1c(SCC(=O)Nc2ccccc2)nnc1[C@@H]1CCCN(S(C)(=O)=O)C1. The number of nitrogens with one attached hydrogen (secondary N) is 1. The number of hydrogen-bond acceptors (Lipinski definition) is 6. The van der Waals surface area contributed by atoms with Crippen molar-refractivity contribution in [1.82, 2.24) is 19.1 Å². The summed E-state index contributed by atoms with van der Waals surface area (Å²) < 4.78 is 27.0. The van der Waals surface area contributed by atoms with Crippen molar-refractivity contribution in [3.05, 3.63) is 36.2 Å². The quantitative estimate of drug-likeness (QED) is 0.729. The normalized spacial score (nSPS) is 18.4. The largest absolute Gasteiger partial charge is 0.325 e. The van der Waals surface area contributed by atoms with Gasteiger partial charge < -0.3 is 9.88 Å². The smallest absolute Gasteiger partial charge is 0.234 e. The molecular formula is C17H23N5O3S2. The second-order valence-corrected chi connectivity index (χ2v) is 9.49. The van der Waals surface area contributed by atoms with Gasteiger partial charge in [-0.2, -0.15) is 0 Å². The fourth-order valence-electron chi connectivity index (χ4n) is 3.11. The van der Waals surface area contributed by atoms with Crippen LogP contribution in [0.4, 0.5) is 5.69 Å². The van der Waals surface area contributed by atoms with E-state index in [1.807, 2.05) is 41.9 Å². The van der Waals surface area contributed by atoms with E-state index in [1.165, 1.54) is 22.3 Å². The molecule has 0 spiro atoms. The van der Waals surface area contributed by atoms with Gasteiger partial charge in [0.25, 0.3) is 0 Å².